The number of anilines is 1. The topological polar surface area (TPSA) is 41.0 Å². The maximum atomic E-state index is 14.4. The first-order chi connectivity index (χ1) is 12.2. The molecule has 2 aromatic carbocycles. The van der Waals surface area contributed by atoms with E-state index in [1.54, 1.807) is 6.07 Å². The molecule has 0 spiro atoms. The van der Waals surface area contributed by atoms with Gasteiger partial charge in [0.05, 0.1) is 11.2 Å². The molecule has 0 bridgehead atoms. The van der Waals surface area contributed by atoms with Crippen LogP contribution in [0.1, 0.15) is 6.42 Å². The second-order valence-corrected chi connectivity index (χ2v) is 6.21. The van der Waals surface area contributed by atoms with Gasteiger partial charge in [-0.1, -0.05) is 24.3 Å². The Morgan fingerprint density at radius 2 is 1.92 bits per heavy atom. The minimum Gasteiger partial charge on any atom is -0.339 e. The van der Waals surface area contributed by atoms with E-state index in [1.807, 2.05) is 31.3 Å². The predicted octanol–water partition coefficient (Wildman–Crippen LogP) is 3.37. The van der Waals surface area contributed by atoms with Gasteiger partial charge in [-0.2, -0.15) is 0 Å². The molecule has 1 aromatic heterocycles. The number of aromatic nitrogens is 2. The molecule has 3 aromatic rings. The molecular formula is C19H18F2N4. The number of fused-ring (bicyclic) bond motifs is 1. The van der Waals surface area contributed by atoms with Crippen molar-refractivity contribution < 1.29 is 8.78 Å². The van der Waals surface area contributed by atoms with Crippen LogP contribution in [0, 0.1) is 11.6 Å². The maximum absolute atomic E-state index is 14.4. The summed E-state index contributed by atoms with van der Waals surface area (Å²) >= 11 is 0. The Balaban J connectivity index is 1.89. The van der Waals surface area contributed by atoms with Crippen LogP contribution in [0.5, 0.6) is 0 Å². The van der Waals surface area contributed by atoms with Gasteiger partial charge in [0.1, 0.15) is 0 Å². The minimum absolute atomic E-state index is 0.157. The number of likely N-dealkylation sites (N-methyl/N-ethyl adjacent to an activating group) is 1. The molecular weight excluding hydrogens is 322 g/mol. The van der Waals surface area contributed by atoms with Crippen LogP contribution >= 0.6 is 0 Å². The first kappa shape index (κ1) is 15.9. The highest BCUT2D eigenvalue weighted by Crippen LogP contribution is 2.31. The Bertz CT molecular complexity index is 928. The zero-order valence-electron chi connectivity index (χ0n) is 13.8. The van der Waals surface area contributed by atoms with Crippen molar-refractivity contribution >= 4 is 16.9 Å². The third-order valence-corrected chi connectivity index (χ3v) is 4.68. The molecule has 0 amide bonds. The van der Waals surface area contributed by atoms with E-state index in [4.69, 9.17) is 0 Å². The molecule has 1 aliphatic rings. The Morgan fingerprint density at radius 3 is 2.72 bits per heavy atom. The van der Waals surface area contributed by atoms with E-state index in [0.29, 0.717) is 23.1 Å². The highest BCUT2D eigenvalue weighted by molar-refractivity contribution is 5.93. The van der Waals surface area contributed by atoms with Crippen LogP contribution in [-0.2, 0) is 0 Å². The SMILES string of the molecule is CNC1CCN(c2nc(-c3cccc(F)c3F)c3ccccc3n2)C1. The van der Waals surface area contributed by atoms with Crippen molar-refractivity contribution in [3.8, 4) is 11.3 Å². The molecule has 25 heavy (non-hydrogen) atoms. The van der Waals surface area contributed by atoms with Crippen LogP contribution in [0.2, 0.25) is 0 Å². The van der Waals surface area contributed by atoms with Crippen LogP contribution < -0.4 is 10.2 Å². The third-order valence-electron chi connectivity index (χ3n) is 4.68. The molecule has 4 rings (SSSR count). The molecule has 1 aliphatic heterocycles. The van der Waals surface area contributed by atoms with E-state index in [0.717, 1.165) is 31.1 Å². The molecule has 0 radical (unpaired) electrons. The number of nitrogens with one attached hydrogen (secondary N) is 1. The molecule has 4 nitrogen and oxygen atoms in total. The predicted molar refractivity (Wildman–Crippen MR) is 94.6 cm³/mol. The average Bonchev–Trinajstić information content (AvgIpc) is 3.12. The Morgan fingerprint density at radius 1 is 1.08 bits per heavy atom. The van der Waals surface area contributed by atoms with Gasteiger partial charge in [0.15, 0.2) is 11.6 Å². The number of nitrogens with zero attached hydrogens (tertiary/aromatic N) is 3. The number of halogens is 2. The summed E-state index contributed by atoms with van der Waals surface area (Å²) in [5, 5.41) is 3.97. The molecule has 128 valence electrons. The van der Waals surface area contributed by atoms with E-state index in [-0.39, 0.29) is 5.56 Å². The zero-order valence-corrected chi connectivity index (χ0v) is 13.8. The van der Waals surface area contributed by atoms with Gasteiger partial charge in [0.25, 0.3) is 0 Å². The number of rotatable bonds is 3. The van der Waals surface area contributed by atoms with Crippen LogP contribution in [0.25, 0.3) is 22.2 Å². The summed E-state index contributed by atoms with van der Waals surface area (Å²) < 4.78 is 28.1. The highest BCUT2D eigenvalue weighted by Gasteiger charge is 2.25. The molecule has 1 atom stereocenters. The molecule has 0 aliphatic carbocycles. The van der Waals surface area contributed by atoms with Crippen LogP contribution in [0.3, 0.4) is 0 Å². The van der Waals surface area contributed by atoms with Crippen molar-refractivity contribution in [3.63, 3.8) is 0 Å². The van der Waals surface area contributed by atoms with Crippen LogP contribution in [-0.4, -0.2) is 36.1 Å². The second kappa shape index (κ2) is 6.37. The lowest BCUT2D eigenvalue weighted by molar-refractivity contribution is 0.511. The summed E-state index contributed by atoms with van der Waals surface area (Å²) in [6.07, 6.45) is 0.996. The Hall–Kier alpha value is -2.60. The van der Waals surface area contributed by atoms with Gasteiger partial charge in [0.2, 0.25) is 5.95 Å². The smallest absolute Gasteiger partial charge is 0.226 e. The lowest BCUT2D eigenvalue weighted by Crippen LogP contribution is -2.30. The standard InChI is InChI=1S/C19H18F2N4/c1-22-12-9-10-25(11-12)19-23-16-8-3-2-5-13(16)18(24-19)14-6-4-7-15(20)17(14)21/h2-8,12,22H,9-11H2,1H3. The van der Waals surface area contributed by atoms with Crippen molar-refractivity contribution in [1.82, 2.24) is 15.3 Å². The minimum atomic E-state index is -0.883. The Kier molecular flexibility index (Phi) is 4.05. The maximum Gasteiger partial charge on any atom is 0.226 e. The van der Waals surface area contributed by atoms with Crippen molar-refractivity contribution in [2.45, 2.75) is 12.5 Å². The van der Waals surface area contributed by atoms with E-state index >= 15 is 0 Å². The van der Waals surface area contributed by atoms with Crippen molar-refractivity contribution in [1.29, 1.82) is 0 Å². The third kappa shape index (κ3) is 2.82. The molecule has 1 unspecified atom stereocenters. The highest BCUT2D eigenvalue weighted by atomic mass is 19.2. The second-order valence-electron chi connectivity index (χ2n) is 6.21. The quantitative estimate of drug-likeness (QED) is 0.794. The van der Waals surface area contributed by atoms with Gasteiger partial charge in [-0.15, -0.1) is 0 Å². The van der Waals surface area contributed by atoms with Crippen LogP contribution in [0.4, 0.5) is 14.7 Å². The largest absolute Gasteiger partial charge is 0.339 e. The average molecular weight is 340 g/mol. The van der Waals surface area contributed by atoms with Gasteiger partial charge in [-0.25, -0.2) is 18.7 Å². The Labute approximate surface area is 144 Å². The molecule has 0 saturated carbocycles. The fourth-order valence-electron chi connectivity index (χ4n) is 3.28. The molecule has 1 saturated heterocycles. The van der Waals surface area contributed by atoms with E-state index in [1.165, 1.54) is 6.07 Å². The van der Waals surface area contributed by atoms with Gasteiger partial charge in [0, 0.05) is 30.1 Å². The van der Waals surface area contributed by atoms with Crippen molar-refractivity contribution in [2.75, 3.05) is 25.0 Å². The van der Waals surface area contributed by atoms with Crippen molar-refractivity contribution in [2.24, 2.45) is 0 Å². The van der Waals surface area contributed by atoms with Gasteiger partial charge >= 0.3 is 0 Å². The van der Waals surface area contributed by atoms with Gasteiger partial charge < -0.3 is 10.2 Å². The summed E-state index contributed by atoms with van der Waals surface area (Å²) in [5.74, 6) is -1.21. The number of hydrogen-bond donors (Lipinski definition) is 1. The van der Waals surface area contributed by atoms with E-state index in [2.05, 4.69) is 20.2 Å². The number of benzene rings is 2. The molecule has 2 heterocycles. The van der Waals surface area contributed by atoms with E-state index < -0.39 is 11.6 Å². The van der Waals surface area contributed by atoms with Crippen molar-refractivity contribution in [3.05, 3.63) is 54.1 Å². The summed E-state index contributed by atoms with van der Waals surface area (Å²) in [7, 11) is 1.93. The normalized spacial score (nSPS) is 17.4. The first-order valence-electron chi connectivity index (χ1n) is 8.30. The molecule has 1 fully saturated rings. The van der Waals surface area contributed by atoms with Gasteiger partial charge in [-0.05, 0) is 31.7 Å². The zero-order chi connectivity index (χ0) is 17.4. The van der Waals surface area contributed by atoms with E-state index in [9.17, 15) is 8.78 Å². The summed E-state index contributed by atoms with van der Waals surface area (Å²) in [4.78, 5) is 11.3. The lowest BCUT2D eigenvalue weighted by Gasteiger charge is -2.18. The fraction of sp³-hybridized carbons (Fsp3) is 0.263. The number of hydrogen-bond acceptors (Lipinski definition) is 4. The monoisotopic (exact) mass is 340 g/mol. The first-order valence-corrected chi connectivity index (χ1v) is 8.30. The molecule has 1 N–H and O–H groups in total. The summed E-state index contributed by atoms with van der Waals surface area (Å²) in [6.45, 7) is 1.62. The lowest BCUT2D eigenvalue weighted by atomic mass is 10.1. The fourth-order valence-corrected chi connectivity index (χ4v) is 3.28. The summed E-state index contributed by atoms with van der Waals surface area (Å²) in [5.41, 5.74) is 1.30. The van der Waals surface area contributed by atoms with Gasteiger partial charge in [-0.3, -0.25) is 0 Å². The van der Waals surface area contributed by atoms with Crippen LogP contribution in [0.15, 0.2) is 42.5 Å². The summed E-state index contributed by atoms with van der Waals surface area (Å²) in [6, 6.07) is 12.0. The molecule has 6 heteroatoms. The number of para-hydroxylation sites is 1.